The molecule has 1 saturated heterocycles. The van der Waals surface area contributed by atoms with E-state index in [1.54, 1.807) is 11.8 Å². The standard InChI is InChI=1S/C23H27N5OS.HI/c1-24-23(28-12-13-29-22(17-28)19-15-26-27(2)16-19)25-14-18-8-10-21(11-9-18)30-20-6-4-3-5-7-20;/h3-11,15-16,22H,12-14,17H2,1-2H3,(H,24,25);1H. The number of nitrogens with zero attached hydrogens (tertiary/aromatic N) is 4. The minimum absolute atomic E-state index is 0. The van der Waals surface area contributed by atoms with Crippen molar-refractivity contribution in [3.63, 3.8) is 0 Å². The van der Waals surface area contributed by atoms with Gasteiger partial charge < -0.3 is 15.0 Å². The molecule has 1 fully saturated rings. The first kappa shape index (κ1) is 23.6. The Kier molecular flexibility index (Phi) is 8.79. The highest BCUT2D eigenvalue weighted by atomic mass is 127. The molecule has 2 aromatic carbocycles. The molecule has 0 radical (unpaired) electrons. The number of nitrogens with one attached hydrogen (secondary N) is 1. The van der Waals surface area contributed by atoms with E-state index >= 15 is 0 Å². The number of ether oxygens (including phenoxy) is 1. The number of morpholine rings is 1. The third-order valence-corrected chi connectivity index (χ3v) is 6.04. The maximum Gasteiger partial charge on any atom is 0.194 e. The number of halogens is 1. The lowest BCUT2D eigenvalue weighted by Crippen LogP contribution is -2.47. The van der Waals surface area contributed by atoms with Gasteiger partial charge in [-0.3, -0.25) is 9.67 Å². The predicted molar refractivity (Wildman–Crippen MR) is 136 cm³/mol. The van der Waals surface area contributed by atoms with Crippen molar-refractivity contribution in [1.29, 1.82) is 0 Å². The van der Waals surface area contributed by atoms with E-state index in [0.29, 0.717) is 6.61 Å². The summed E-state index contributed by atoms with van der Waals surface area (Å²) in [6.45, 7) is 2.99. The van der Waals surface area contributed by atoms with E-state index in [9.17, 15) is 0 Å². The molecule has 6 nitrogen and oxygen atoms in total. The Morgan fingerprint density at radius 3 is 2.58 bits per heavy atom. The second-order valence-electron chi connectivity index (χ2n) is 7.21. The minimum Gasteiger partial charge on any atom is -0.370 e. The molecular formula is C23H28IN5OS. The third-order valence-electron chi connectivity index (χ3n) is 5.03. The van der Waals surface area contributed by atoms with Crippen molar-refractivity contribution in [2.75, 3.05) is 26.7 Å². The molecule has 0 saturated carbocycles. The second-order valence-corrected chi connectivity index (χ2v) is 8.36. The molecule has 4 rings (SSSR count). The van der Waals surface area contributed by atoms with Gasteiger partial charge in [0.1, 0.15) is 6.10 Å². The maximum atomic E-state index is 5.95. The van der Waals surface area contributed by atoms with E-state index in [0.717, 1.165) is 31.2 Å². The molecule has 3 aromatic rings. The number of aliphatic imine (C=N–C) groups is 1. The van der Waals surface area contributed by atoms with E-state index in [1.165, 1.54) is 15.4 Å². The Morgan fingerprint density at radius 1 is 1.16 bits per heavy atom. The van der Waals surface area contributed by atoms with Crippen LogP contribution in [-0.4, -0.2) is 47.4 Å². The maximum absolute atomic E-state index is 5.95. The topological polar surface area (TPSA) is 54.7 Å². The molecule has 1 aliphatic heterocycles. The van der Waals surface area contributed by atoms with E-state index in [4.69, 9.17) is 4.74 Å². The molecule has 31 heavy (non-hydrogen) atoms. The van der Waals surface area contributed by atoms with Crippen LogP contribution in [0.5, 0.6) is 0 Å². The number of hydrogen-bond donors (Lipinski definition) is 1. The summed E-state index contributed by atoms with van der Waals surface area (Å²) in [4.78, 5) is 9.22. The van der Waals surface area contributed by atoms with Crippen LogP contribution < -0.4 is 5.32 Å². The molecule has 1 N–H and O–H groups in total. The van der Waals surface area contributed by atoms with Gasteiger partial charge in [0.25, 0.3) is 0 Å². The largest absolute Gasteiger partial charge is 0.370 e. The quantitative estimate of drug-likeness (QED) is 0.292. The van der Waals surface area contributed by atoms with Crippen molar-refractivity contribution in [2.24, 2.45) is 12.0 Å². The predicted octanol–water partition coefficient (Wildman–Crippen LogP) is 4.34. The number of guanidine groups is 1. The zero-order valence-electron chi connectivity index (χ0n) is 17.8. The number of benzene rings is 2. The van der Waals surface area contributed by atoms with Gasteiger partial charge in [0.05, 0.1) is 19.3 Å². The molecule has 164 valence electrons. The van der Waals surface area contributed by atoms with Crippen LogP contribution >= 0.6 is 35.7 Å². The molecule has 1 aliphatic rings. The van der Waals surface area contributed by atoms with Crippen molar-refractivity contribution in [1.82, 2.24) is 20.0 Å². The molecule has 1 aromatic heterocycles. The van der Waals surface area contributed by atoms with Crippen LogP contribution in [0.25, 0.3) is 0 Å². The van der Waals surface area contributed by atoms with E-state index in [2.05, 4.69) is 68.8 Å². The van der Waals surface area contributed by atoms with Crippen LogP contribution in [-0.2, 0) is 18.3 Å². The molecule has 2 heterocycles. The van der Waals surface area contributed by atoms with Crippen LogP contribution in [0.3, 0.4) is 0 Å². The summed E-state index contributed by atoms with van der Waals surface area (Å²) >= 11 is 1.77. The lowest BCUT2D eigenvalue weighted by Gasteiger charge is -2.34. The highest BCUT2D eigenvalue weighted by molar-refractivity contribution is 14.0. The average Bonchev–Trinajstić information content (AvgIpc) is 3.23. The van der Waals surface area contributed by atoms with Crippen molar-refractivity contribution in [3.8, 4) is 0 Å². The summed E-state index contributed by atoms with van der Waals surface area (Å²) in [7, 11) is 3.75. The minimum atomic E-state index is 0. The third kappa shape index (κ3) is 6.47. The summed E-state index contributed by atoms with van der Waals surface area (Å²) in [5, 5.41) is 7.76. The Balaban J connectivity index is 0.00000272. The molecule has 0 bridgehead atoms. The fourth-order valence-electron chi connectivity index (χ4n) is 3.46. The first-order chi connectivity index (χ1) is 14.7. The van der Waals surface area contributed by atoms with Crippen molar-refractivity contribution in [3.05, 3.63) is 78.1 Å². The average molecular weight is 549 g/mol. The Labute approximate surface area is 205 Å². The van der Waals surface area contributed by atoms with Gasteiger partial charge in [-0.25, -0.2) is 0 Å². The summed E-state index contributed by atoms with van der Waals surface area (Å²) in [5.74, 6) is 0.898. The highest BCUT2D eigenvalue weighted by Gasteiger charge is 2.25. The summed E-state index contributed by atoms with van der Waals surface area (Å²) in [5.41, 5.74) is 2.33. The number of hydrogen-bond acceptors (Lipinski definition) is 4. The molecule has 0 aliphatic carbocycles. The van der Waals surface area contributed by atoms with E-state index in [1.807, 2.05) is 37.2 Å². The Morgan fingerprint density at radius 2 is 1.90 bits per heavy atom. The molecule has 1 unspecified atom stereocenters. The number of aryl methyl sites for hydroxylation is 1. The van der Waals surface area contributed by atoms with Crippen LogP contribution in [0.1, 0.15) is 17.2 Å². The van der Waals surface area contributed by atoms with E-state index < -0.39 is 0 Å². The molecule has 0 spiro atoms. The van der Waals surface area contributed by atoms with Crippen molar-refractivity contribution in [2.45, 2.75) is 22.4 Å². The van der Waals surface area contributed by atoms with Gasteiger partial charge in [-0.05, 0) is 29.8 Å². The molecular weight excluding hydrogens is 521 g/mol. The van der Waals surface area contributed by atoms with Gasteiger partial charge >= 0.3 is 0 Å². The van der Waals surface area contributed by atoms with Crippen molar-refractivity contribution < 1.29 is 4.74 Å². The monoisotopic (exact) mass is 549 g/mol. The molecule has 1 atom stereocenters. The Hall–Kier alpha value is -2.04. The van der Waals surface area contributed by atoms with Crippen LogP contribution in [0.4, 0.5) is 0 Å². The van der Waals surface area contributed by atoms with Gasteiger partial charge in [0.2, 0.25) is 0 Å². The summed E-state index contributed by atoms with van der Waals surface area (Å²) < 4.78 is 7.76. The van der Waals surface area contributed by atoms with Crippen molar-refractivity contribution >= 4 is 41.7 Å². The molecule has 8 heteroatoms. The second kappa shape index (κ2) is 11.5. The van der Waals surface area contributed by atoms with Gasteiger partial charge in [-0.1, -0.05) is 42.1 Å². The van der Waals surface area contributed by atoms with Crippen LogP contribution in [0.2, 0.25) is 0 Å². The SMILES string of the molecule is CN=C(NCc1ccc(Sc2ccccc2)cc1)N1CCOC(c2cnn(C)c2)C1.I. The zero-order valence-corrected chi connectivity index (χ0v) is 20.9. The lowest BCUT2D eigenvalue weighted by molar-refractivity contribution is -0.00805. The fourth-order valence-corrected chi connectivity index (χ4v) is 4.30. The van der Waals surface area contributed by atoms with Crippen LogP contribution in [0.15, 0.2) is 81.8 Å². The number of aromatic nitrogens is 2. The summed E-state index contributed by atoms with van der Waals surface area (Å²) in [6.07, 6.45) is 3.90. The zero-order chi connectivity index (χ0) is 20.8. The Bertz CT molecular complexity index is 977. The van der Waals surface area contributed by atoms with Gasteiger partial charge in [-0.15, -0.1) is 24.0 Å². The summed E-state index contributed by atoms with van der Waals surface area (Å²) in [6, 6.07) is 19.1. The molecule has 0 amide bonds. The van der Waals surface area contributed by atoms with Gasteiger partial charge in [0.15, 0.2) is 5.96 Å². The van der Waals surface area contributed by atoms with Crippen LogP contribution in [0, 0.1) is 0 Å². The number of rotatable bonds is 5. The first-order valence-corrected chi connectivity index (χ1v) is 10.9. The van der Waals surface area contributed by atoms with Gasteiger partial charge in [-0.2, -0.15) is 5.10 Å². The fraction of sp³-hybridized carbons (Fsp3) is 0.304. The lowest BCUT2D eigenvalue weighted by atomic mass is 10.1. The van der Waals surface area contributed by atoms with Gasteiger partial charge in [0, 0.05) is 48.7 Å². The van der Waals surface area contributed by atoms with E-state index in [-0.39, 0.29) is 30.1 Å². The normalized spacial score (nSPS) is 16.6. The highest BCUT2D eigenvalue weighted by Crippen LogP contribution is 2.27. The smallest absolute Gasteiger partial charge is 0.194 e. The first-order valence-electron chi connectivity index (χ1n) is 10.1.